The van der Waals surface area contributed by atoms with Crippen molar-refractivity contribution < 1.29 is 24.2 Å². The molecule has 42 heavy (non-hydrogen) atoms. The van der Waals surface area contributed by atoms with E-state index in [0.717, 1.165) is 68.4 Å². The van der Waals surface area contributed by atoms with Crippen LogP contribution in [0, 0.1) is 0 Å². The summed E-state index contributed by atoms with van der Waals surface area (Å²) in [5.41, 5.74) is 8.34. The van der Waals surface area contributed by atoms with Crippen molar-refractivity contribution in [2.45, 2.75) is 51.0 Å². The molecule has 0 spiro atoms. The van der Waals surface area contributed by atoms with Gasteiger partial charge in [-0.15, -0.1) is 0 Å². The number of hydrogen-bond acceptors (Lipinski definition) is 8. The second-order valence-corrected chi connectivity index (χ2v) is 10.9. The lowest BCUT2D eigenvalue weighted by atomic mass is 9.99. The Morgan fingerprint density at radius 3 is 2.40 bits per heavy atom. The van der Waals surface area contributed by atoms with Crippen LogP contribution in [-0.2, 0) is 16.1 Å². The number of aliphatic hydroxyl groups excluding tert-OH is 1. The highest BCUT2D eigenvalue weighted by Gasteiger charge is 2.25. The SMILES string of the molecule is COc1c(-c2ccc(-c3ccc(CN4CCC(O)CC4)cc3)cc2)nc2ccncc2c1C(=O)NOC1CCCCO1. The van der Waals surface area contributed by atoms with Crippen LogP contribution in [0.5, 0.6) is 5.75 Å². The number of piperidine rings is 1. The van der Waals surface area contributed by atoms with Gasteiger partial charge in [0.2, 0.25) is 0 Å². The first kappa shape index (κ1) is 28.2. The molecule has 0 bridgehead atoms. The summed E-state index contributed by atoms with van der Waals surface area (Å²) in [6.07, 6.45) is 7.01. The molecule has 2 N–H and O–H groups in total. The van der Waals surface area contributed by atoms with Crippen LogP contribution < -0.4 is 10.2 Å². The smallest absolute Gasteiger partial charge is 0.279 e. The van der Waals surface area contributed by atoms with E-state index in [1.165, 1.54) is 12.7 Å². The summed E-state index contributed by atoms with van der Waals surface area (Å²) >= 11 is 0. The van der Waals surface area contributed by atoms with Crippen molar-refractivity contribution in [3.8, 4) is 28.1 Å². The number of pyridine rings is 2. The Hall–Kier alpha value is -3.89. The maximum atomic E-state index is 13.4. The van der Waals surface area contributed by atoms with Crippen molar-refractivity contribution in [3.63, 3.8) is 0 Å². The molecule has 2 aromatic carbocycles. The molecule has 9 nitrogen and oxygen atoms in total. The number of hydroxylamine groups is 1. The molecule has 1 amide bonds. The molecule has 6 rings (SSSR count). The van der Waals surface area contributed by atoms with Crippen LogP contribution in [0.15, 0.2) is 67.0 Å². The Bertz CT molecular complexity index is 1510. The number of methoxy groups -OCH3 is 1. The van der Waals surface area contributed by atoms with Gasteiger partial charge in [0.05, 0.1) is 24.3 Å². The first-order valence-corrected chi connectivity index (χ1v) is 14.6. The number of fused-ring (bicyclic) bond motifs is 1. The minimum Gasteiger partial charge on any atom is -0.494 e. The molecule has 2 fully saturated rings. The Labute approximate surface area is 245 Å². The van der Waals surface area contributed by atoms with E-state index in [1.54, 1.807) is 18.5 Å². The maximum Gasteiger partial charge on any atom is 0.279 e. The summed E-state index contributed by atoms with van der Waals surface area (Å²) in [4.78, 5) is 30.5. The van der Waals surface area contributed by atoms with Gasteiger partial charge in [-0.25, -0.2) is 15.3 Å². The summed E-state index contributed by atoms with van der Waals surface area (Å²) in [6.45, 7) is 3.36. The lowest BCUT2D eigenvalue weighted by molar-refractivity contribution is -0.186. The van der Waals surface area contributed by atoms with E-state index < -0.39 is 12.2 Å². The monoisotopic (exact) mass is 568 g/mol. The van der Waals surface area contributed by atoms with Crippen molar-refractivity contribution in [3.05, 3.63) is 78.1 Å². The summed E-state index contributed by atoms with van der Waals surface area (Å²) in [6, 6.07) is 18.5. The number of nitrogens with zero attached hydrogens (tertiary/aromatic N) is 3. The van der Waals surface area contributed by atoms with Gasteiger partial charge in [-0.05, 0) is 48.4 Å². The molecule has 1 atom stereocenters. The molecule has 2 saturated heterocycles. The lowest BCUT2D eigenvalue weighted by Crippen LogP contribution is -2.35. The number of benzene rings is 2. The van der Waals surface area contributed by atoms with Crippen LogP contribution in [0.1, 0.15) is 48.0 Å². The van der Waals surface area contributed by atoms with Crippen LogP contribution in [0.25, 0.3) is 33.3 Å². The number of rotatable bonds is 8. The minimum absolute atomic E-state index is 0.160. The quantitative estimate of drug-likeness (QED) is 0.282. The van der Waals surface area contributed by atoms with Gasteiger partial charge < -0.3 is 14.6 Å². The average molecular weight is 569 g/mol. The highest BCUT2D eigenvalue weighted by atomic mass is 16.8. The molecule has 4 heterocycles. The van der Waals surface area contributed by atoms with Gasteiger partial charge in [-0.3, -0.25) is 14.7 Å². The Morgan fingerprint density at radius 1 is 1.00 bits per heavy atom. The van der Waals surface area contributed by atoms with Gasteiger partial charge >= 0.3 is 0 Å². The molecular formula is C33H36N4O5. The maximum absolute atomic E-state index is 13.4. The Kier molecular flexibility index (Phi) is 8.71. The van der Waals surface area contributed by atoms with E-state index in [4.69, 9.17) is 19.3 Å². The lowest BCUT2D eigenvalue weighted by Gasteiger charge is -2.29. The molecule has 0 aliphatic carbocycles. The van der Waals surface area contributed by atoms with Crippen LogP contribution in [0.3, 0.4) is 0 Å². The largest absolute Gasteiger partial charge is 0.494 e. The van der Waals surface area contributed by atoms with Gasteiger partial charge in [-0.2, -0.15) is 0 Å². The van der Waals surface area contributed by atoms with Crippen LogP contribution in [0.4, 0.5) is 0 Å². The number of aliphatic hydroxyl groups is 1. The summed E-state index contributed by atoms with van der Waals surface area (Å²) < 4.78 is 11.4. The third kappa shape index (κ3) is 6.29. The van der Waals surface area contributed by atoms with Crippen molar-refractivity contribution >= 4 is 16.8 Å². The molecule has 0 radical (unpaired) electrons. The van der Waals surface area contributed by atoms with Crippen molar-refractivity contribution in [2.24, 2.45) is 0 Å². The van der Waals surface area contributed by atoms with E-state index >= 15 is 0 Å². The summed E-state index contributed by atoms with van der Waals surface area (Å²) in [7, 11) is 1.53. The molecule has 2 aliphatic heterocycles. The first-order chi connectivity index (χ1) is 20.6. The van der Waals surface area contributed by atoms with Crippen molar-refractivity contribution in [1.82, 2.24) is 20.3 Å². The second-order valence-electron chi connectivity index (χ2n) is 10.9. The standard InChI is InChI=1S/C33H36N4O5/c1-40-32-30(33(39)36-42-29-4-2-3-19-41-29)27-20-34-16-13-28(27)35-31(32)25-11-9-24(10-12-25)23-7-5-22(6-8-23)21-37-17-14-26(38)15-18-37/h5-13,16,20,26,29,38H,2-4,14-15,17-19,21H2,1H3,(H,36,39). The van der Waals surface area contributed by atoms with E-state index in [2.05, 4.69) is 51.8 Å². The zero-order valence-electron chi connectivity index (χ0n) is 23.8. The third-order valence-corrected chi connectivity index (χ3v) is 8.00. The number of carbonyl (C=O) groups excluding carboxylic acids is 1. The number of hydrogen-bond donors (Lipinski definition) is 2. The molecular weight excluding hydrogens is 532 g/mol. The number of aromatic nitrogens is 2. The Morgan fingerprint density at radius 2 is 1.71 bits per heavy atom. The zero-order valence-corrected chi connectivity index (χ0v) is 23.8. The van der Waals surface area contributed by atoms with Crippen LogP contribution >= 0.6 is 0 Å². The van der Waals surface area contributed by atoms with Gasteiger partial charge in [0.1, 0.15) is 5.69 Å². The number of ether oxygens (including phenoxy) is 2. The third-order valence-electron chi connectivity index (χ3n) is 8.00. The number of carbonyl (C=O) groups is 1. The topological polar surface area (TPSA) is 106 Å². The van der Waals surface area contributed by atoms with Gasteiger partial charge in [0.15, 0.2) is 12.0 Å². The highest BCUT2D eigenvalue weighted by molar-refractivity contribution is 6.09. The predicted octanol–water partition coefficient (Wildman–Crippen LogP) is 5.12. The van der Waals surface area contributed by atoms with E-state index in [-0.39, 0.29) is 6.10 Å². The van der Waals surface area contributed by atoms with Crippen molar-refractivity contribution in [2.75, 3.05) is 26.8 Å². The number of amides is 1. The van der Waals surface area contributed by atoms with Crippen LogP contribution in [-0.4, -0.2) is 65.1 Å². The van der Waals surface area contributed by atoms with Crippen LogP contribution in [0.2, 0.25) is 0 Å². The van der Waals surface area contributed by atoms with E-state index in [1.807, 2.05) is 12.1 Å². The predicted molar refractivity (Wildman–Crippen MR) is 160 cm³/mol. The first-order valence-electron chi connectivity index (χ1n) is 14.6. The summed E-state index contributed by atoms with van der Waals surface area (Å²) in [5, 5.41) is 10.3. The molecule has 1 unspecified atom stereocenters. The van der Waals surface area contributed by atoms with Crippen molar-refractivity contribution in [1.29, 1.82) is 0 Å². The molecule has 0 saturated carbocycles. The second kappa shape index (κ2) is 13.0. The fourth-order valence-corrected chi connectivity index (χ4v) is 5.64. The zero-order chi connectivity index (χ0) is 28.9. The summed E-state index contributed by atoms with van der Waals surface area (Å²) in [5.74, 6) is -0.0939. The number of likely N-dealkylation sites (tertiary alicyclic amines) is 1. The fourth-order valence-electron chi connectivity index (χ4n) is 5.64. The Balaban J connectivity index is 1.24. The molecule has 2 aliphatic rings. The molecule has 2 aromatic heterocycles. The van der Waals surface area contributed by atoms with E-state index in [0.29, 0.717) is 34.5 Å². The average Bonchev–Trinajstić information content (AvgIpc) is 3.04. The molecule has 9 heteroatoms. The minimum atomic E-state index is -0.472. The highest BCUT2D eigenvalue weighted by Crippen LogP contribution is 2.37. The van der Waals surface area contributed by atoms with Gasteiger partial charge in [0.25, 0.3) is 5.91 Å². The fraction of sp³-hybridized carbons (Fsp3) is 0.364. The molecule has 218 valence electrons. The van der Waals surface area contributed by atoms with Gasteiger partial charge in [0, 0.05) is 56.0 Å². The number of nitrogens with one attached hydrogen (secondary N) is 1. The van der Waals surface area contributed by atoms with Gasteiger partial charge in [-0.1, -0.05) is 48.5 Å². The van der Waals surface area contributed by atoms with E-state index in [9.17, 15) is 9.90 Å². The normalized spacial score (nSPS) is 18.2. The molecule has 4 aromatic rings.